The van der Waals surface area contributed by atoms with Gasteiger partial charge in [0, 0.05) is 12.8 Å². The first kappa shape index (κ1) is 16.1. The number of ether oxygens (including phenoxy) is 1. The summed E-state index contributed by atoms with van der Waals surface area (Å²) in [6.45, 7) is 3.61. The Balaban J connectivity index is 3.78. The molecule has 0 spiro atoms. The zero-order valence-electron chi connectivity index (χ0n) is 10.7. The molecular weight excluding hydrogens is 238 g/mol. The average molecular weight is 257 g/mol. The molecule has 0 aliphatic carbocycles. The van der Waals surface area contributed by atoms with E-state index in [1.807, 2.05) is 0 Å². The average Bonchev–Trinajstić information content (AvgIpc) is 2.31. The first-order chi connectivity index (χ1) is 8.51. The molecule has 0 saturated carbocycles. The van der Waals surface area contributed by atoms with Crippen molar-refractivity contribution in [2.45, 2.75) is 39.5 Å². The Labute approximate surface area is 106 Å². The number of amides is 1. The molecule has 0 aromatic heterocycles. The van der Waals surface area contributed by atoms with E-state index in [0.29, 0.717) is 19.4 Å². The summed E-state index contributed by atoms with van der Waals surface area (Å²) in [5.41, 5.74) is -0.134. The zero-order chi connectivity index (χ0) is 14.0. The number of esters is 1. The van der Waals surface area contributed by atoms with E-state index in [1.165, 1.54) is 13.0 Å². The van der Waals surface area contributed by atoms with Crippen molar-refractivity contribution >= 4 is 17.8 Å². The second-order valence-corrected chi connectivity index (χ2v) is 3.57. The standard InChI is InChI=1S/C12H19NO5/c1-3-9(12(16)17)13-10(14)7-5-6-8-11(15)18-4-2/h3H,4-8H2,1-2H3,(H,13,14)(H,16,17)/b9-3-. The van der Waals surface area contributed by atoms with Crippen LogP contribution in [0.5, 0.6) is 0 Å². The number of rotatable bonds is 8. The van der Waals surface area contributed by atoms with Crippen LogP contribution in [0.25, 0.3) is 0 Å². The van der Waals surface area contributed by atoms with Crippen molar-refractivity contribution in [1.82, 2.24) is 5.32 Å². The Morgan fingerprint density at radius 2 is 1.83 bits per heavy atom. The molecule has 0 aromatic carbocycles. The summed E-state index contributed by atoms with van der Waals surface area (Å²) in [6.07, 6.45) is 2.84. The van der Waals surface area contributed by atoms with Gasteiger partial charge in [-0.2, -0.15) is 0 Å². The quantitative estimate of drug-likeness (QED) is 0.387. The van der Waals surface area contributed by atoms with E-state index in [0.717, 1.165) is 0 Å². The monoisotopic (exact) mass is 257 g/mol. The molecule has 0 aliphatic rings. The Kier molecular flexibility index (Phi) is 8.26. The van der Waals surface area contributed by atoms with Crippen molar-refractivity contribution in [2.75, 3.05) is 6.61 Å². The molecule has 0 fully saturated rings. The number of carbonyl (C=O) groups is 3. The molecule has 6 nitrogen and oxygen atoms in total. The summed E-state index contributed by atoms with van der Waals surface area (Å²) in [6, 6.07) is 0. The summed E-state index contributed by atoms with van der Waals surface area (Å²) < 4.78 is 4.74. The van der Waals surface area contributed by atoms with E-state index in [2.05, 4.69) is 5.32 Å². The molecule has 6 heteroatoms. The molecule has 0 bridgehead atoms. The van der Waals surface area contributed by atoms with Crippen molar-refractivity contribution < 1.29 is 24.2 Å². The van der Waals surface area contributed by atoms with E-state index in [9.17, 15) is 14.4 Å². The van der Waals surface area contributed by atoms with Crippen molar-refractivity contribution in [1.29, 1.82) is 0 Å². The van der Waals surface area contributed by atoms with Gasteiger partial charge in [-0.3, -0.25) is 9.59 Å². The lowest BCUT2D eigenvalue weighted by molar-refractivity contribution is -0.143. The van der Waals surface area contributed by atoms with Crippen LogP contribution in [0.1, 0.15) is 39.5 Å². The van der Waals surface area contributed by atoms with Crippen LogP contribution in [0.3, 0.4) is 0 Å². The van der Waals surface area contributed by atoms with E-state index in [4.69, 9.17) is 9.84 Å². The van der Waals surface area contributed by atoms with Crippen LogP contribution in [-0.2, 0) is 19.1 Å². The van der Waals surface area contributed by atoms with Gasteiger partial charge in [0.25, 0.3) is 0 Å². The fourth-order valence-electron chi connectivity index (χ4n) is 1.25. The molecule has 0 radical (unpaired) electrons. The minimum absolute atomic E-state index is 0.134. The van der Waals surface area contributed by atoms with Crippen LogP contribution in [0.15, 0.2) is 11.8 Å². The van der Waals surface area contributed by atoms with Gasteiger partial charge in [0.05, 0.1) is 6.61 Å². The summed E-state index contributed by atoms with van der Waals surface area (Å²) in [7, 11) is 0. The zero-order valence-corrected chi connectivity index (χ0v) is 10.7. The Bertz CT molecular complexity index is 335. The van der Waals surface area contributed by atoms with Crippen molar-refractivity contribution in [3.05, 3.63) is 11.8 Å². The molecule has 0 rings (SSSR count). The number of hydrogen-bond donors (Lipinski definition) is 2. The topological polar surface area (TPSA) is 92.7 Å². The second-order valence-electron chi connectivity index (χ2n) is 3.57. The number of allylic oxidation sites excluding steroid dienone is 1. The van der Waals surface area contributed by atoms with Gasteiger partial charge in [-0.15, -0.1) is 0 Å². The van der Waals surface area contributed by atoms with Gasteiger partial charge < -0.3 is 15.2 Å². The number of unbranched alkanes of at least 4 members (excludes halogenated alkanes) is 1. The smallest absolute Gasteiger partial charge is 0.352 e. The fraction of sp³-hybridized carbons (Fsp3) is 0.583. The molecule has 0 atom stereocenters. The molecule has 0 heterocycles. The SMILES string of the molecule is C/C=C(\NC(=O)CCCCC(=O)OCC)C(=O)O. The molecule has 18 heavy (non-hydrogen) atoms. The predicted molar refractivity (Wildman–Crippen MR) is 64.6 cm³/mol. The molecule has 102 valence electrons. The summed E-state index contributed by atoms with van der Waals surface area (Å²) >= 11 is 0. The predicted octanol–water partition coefficient (Wildman–Crippen LogP) is 1.21. The van der Waals surface area contributed by atoms with Crippen LogP contribution >= 0.6 is 0 Å². The van der Waals surface area contributed by atoms with Gasteiger partial charge in [-0.25, -0.2) is 4.79 Å². The van der Waals surface area contributed by atoms with Crippen LogP contribution in [0.4, 0.5) is 0 Å². The van der Waals surface area contributed by atoms with E-state index >= 15 is 0 Å². The van der Waals surface area contributed by atoms with E-state index in [1.54, 1.807) is 6.92 Å². The van der Waals surface area contributed by atoms with Gasteiger partial charge in [-0.05, 0) is 26.7 Å². The number of nitrogens with one attached hydrogen (secondary N) is 1. The molecule has 0 unspecified atom stereocenters. The van der Waals surface area contributed by atoms with Gasteiger partial charge in [-0.1, -0.05) is 6.08 Å². The number of hydrogen-bond acceptors (Lipinski definition) is 4. The number of carboxylic acid groups (broad SMARTS) is 1. The first-order valence-corrected chi connectivity index (χ1v) is 5.86. The normalized spacial score (nSPS) is 10.9. The van der Waals surface area contributed by atoms with Gasteiger partial charge >= 0.3 is 11.9 Å². The summed E-state index contributed by atoms with van der Waals surface area (Å²) in [5.74, 6) is -1.82. The number of aliphatic carboxylic acids is 1. The summed E-state index contributed by atoms with van der Waals surface area (Å²) in [5, 5.41) is 11.0. The van der Waals surface area contributed by atoms with Gasteiger partial charge in [0.2, 0.25) is 5.91 Å². The van der Waals surface area contributed by atoms with Gasteiger partial charge in [0.1, 0.15) is 5.70 Å². The highest BCUT2D eigenvalue weighted by molar-refractivity contribution is 5.92. The lowest BCUT2D eigenvalue weighted by atomic mass is 10.2. The maximum absolute atomic E-state index is 11.4. The molecule has 2 N–H and O–H groups in total. The van der Waals surface area contributed by atoms with E-state index in [-0.39, 0.29) is 30.4 Å². The number of carbonyl (C=O) groups excluding carboxylic acids is 2. The maximum Gasteiger partial charge on any atom is 0.352 e. The maximum atomic E-state index is 11.4. The van der Waals surface area contributed by atoms with Crippen LogP contribution < -0.4 is 5.32 Å². The van der Waals surface area contributed by atoms with Crippen molar-refractivity contribution in [3.63, 3.8) is 0 Å². The highest BCUT2D eigenvalue weighted by atomic mass is 16.5. The molecule has 0 aliphatic heterocycles. The van der Waals surface area contributed by atoms with Crippen LogP contribution in [-0.4, -0.2) is 29.6 Å². The highest BCUT2D eigenvalue weighted by Gasteiger charge is 2.10. The molecule has 0 aromatic rings. The lowest BCUT2D eigenvalue weighted by Gasteiger charge is -2.05. The molecule has 0 saturated heterocycles. The Morgan fingerprint density at radius 1 is 1.22 bits per heavy atom. The third-order valence-electron chi connectivity index (χ3n) is 2.13. The molecular formula is C12H19NO5. The second kappa shape index (κ2) is 9.21. The van der Waals surface area contributed by atoms with Crippen LogP contribution in [0, 0.1) is 0 Å². The largest absolute Gasteiger partial charge is 0.477 e. The number of carboxylic acids is 1. The summed E-state index contributed by atoms with van der Waals surface area (Å²) in [4.78, 5) is 33.0. The first-order valence-electron chi connectivity index (χ1n) is 5.86. The molecule has 1 amide bonds. The Morgan fingerprint density at radius 3 is 2.33 bits per heavy atom. The van der Waals surface area contributed by atoms with Crippen molar-refractivity contribution in [2.24, 2.45) is 0 Å². The Hall–Kier alpha value is -1.85. The van der Waals surface area contributed by atoms with Gasteiger partial charge in [0.15, 0.2) is 0 Å². The minimum atomic E-state index is -1.17. The van der Waals surface area contributed by atoms with Crippen LogP contribution in [0.2, 0.25) is 0 Å². The highest BCUT2D eigenvalue weighted by Crippen LogP contribution is 2.02. The van der Waals surface area contributed by atoms with Crippen molar-refractivity contribution in [3.8, 4) is 0 Å². The third-order valence-corrected chi connectivity index (χ3v) is 2.13. The lowest BCUT2D eigenvalue weighted by Crippen LogP contribution is -2.26. The van der Waals surface area contributed by atoms with E-state index < -0.39 is 5.97 Å². The third kappa shape index (κ3) is 7.43. The minimum Gasteiger partial charge on any atom is -0.477 e. The fourth-order valence-corrected chi connectivity index (χ4v) is 1.25.